The molecular formula is C10H19NO2S. The zero-order valence-electron chi connectivity index (χ0n) is 8.83. The van der Waals surface area contributed by atoms with Crippen molar-refractivity contribution in [3.05, 3.63) is 0 Å². The standard InChI is InChI=1S/C10H19NO2S/c1-2-14(12,13)11-9-5-8-10(11)6-3-4-7-10/h2-9H2,1H3. The van der Waals surface area contributed by atoms with Gasteiger partial charge in [-0.2, -0.15) is 4.31 Å². The molecular weight excluding hydrogens is 198 g/mol. The average Bonchev–Trinajstić information content (AvgIpc) is 2.77. The molecule has 0 N–H and O–H groups in total. The first kappa shape index (κ1) is 10.4. The SMILES string of the molecule is CCS(=O)(=O)N1CCCC12CCCC2. The molecule has 0 aromatic rings. The largest absolute Gasteiger partial charge is 0.214 e. The fourth-order valence-corrected chi connectivity index (χ4v) is 4.62. The third-order valence-corrected chi connectivity index (χ3v) is 5.74. The van der Waals surface area contributed by atoms with E-state index in [2.05, 4.69) is 0 Å². The smallest absolute Gasteiger partial charge is 0.212 e. The van der Waals surface area contributed by atoms with Crippen LogP contribution < -0.4 is 0 Å². The van der Waals surface area contributed by atoms with E-state index in [1.807, 2.05) is 4.31 Å². The molecule has 1 saturated carbocycles. The van der Waals surface area contributed by atoms with E-state index in [0.29, 0.717) is 0 Å². The number of nitrogens with zero attached hydrogens (tertiary/aromatic N) is 1. The molecule has 0 unspecified atom stereocenters. The molecule has 3 nitrogen and oxygen atoms in total. The molecule has 82 valence electrons. The monoisotopic (exact) mass is 217 g/mol. The van der Waals surface area contributed by atoms with Gasteiger partial charge in [-0.05, 0) is 32.6 Å². The van der Waals surface area contributed by atoms with Gasteiger partial charge in [-0.15, -0.1) is 0 Å². The van der Waals surface area contributed by atoms with Crippen LogP contribution in [0.25, 0.3) is 0 Å². The van der Waals surface area contributed by atoms with E-state index in [9.17, 15) is 8.42 Å². The molecule has 2 fully saturated rings. The first-order valence-corrected chi connectivity index (χ1v) is 7.22. The van der Waals surface area contributed by atoms with Crippen LogP contribution in [0.2, 0.25) is 0 Å². The summed E-state index contributed by atoms with van der Waals surface area (Å²) in [5.74, 6) is 0.259. The molecule has 2 aliphatic rings. The van der Waals surface area contributed by atoms with Gasteiger partial charge in [0, 0.05) is 12.1 Å². The summed E-state index contributed by atoms with van der Waals surface area (Å²) in [6.45, 7) is 2.51. The average molecular weight is 217 g/mol. The molecule has 14 heavy (non-hydrogen) atoms. The van der Waals surface area contributed by atoms with Gasteiger partial charge in [0.2, 0.25) is 10.0 Å². The summed E-state index contributed by atoms with van der Waals surface area (Å²) in [4.78, 5) is 0. The minimum atomic E-state index is -2.96. The molecule has 1 aliphatic heterocycles. The van der Waals surface area contributed by atoms with E-state index in [1.54, 1.807) is 6.92 Å². The highest BCUT2D eigenvalue weighted by Gasteiger charge is 2.47. The maximum absolute atomic E-state index is 11.9. The highest BCUT2D eigenvalue weighted by molar-refractivity contribution is 7.89. The third kappa shape index (κ3) is 1.48. The topological polar surface area (TPSA) is 37.4 Å². The second kappa shape index (κ2) is 3.49. The Morgan fingerprint density at radius 1 is 1.14 bits per heavy atom. The van der Waals surface area contributed by atoms with E-state index in [0.717, 1.165) is 32.2 Å². The van der Waals surface area contributed by atoms with Gasteiger partial charge in [-0.1, -0.05) is 12.8 Å². The van der Waals surface area contributed by atoms with Gasteiger partial charge in [-0.25, -0.2) is 8.42 Å². The minimum Gasteiger partial charge on any atom is -0.212 e. The number of hydrogen-bond acceptors (Lipinski definition) is 2. The van der Waals surface area contributed by atoms with Gasteiger partial charge in [0.05, 0.1) is 5.75 Å². The first-order chi connectivity index (χ1) is 6.61. The summed E-state index contributed by atoms with van der Waals surface area (Å²) in [7, 11) is -2.96. The molecule has 0 radical (unpaired) electrons. The van der Waals surface area contributed by atoms with Crippen molar-refractivity contribution in [2.45, 2.75) is 51.0 Å². The highest BCUT2D eigenvalue weighted by Crippen LogP contribution is 2.44. The number of hydrogen-bond donors (Lipinski definition) is 0. The van der Waals surface area contributed by atoms with Crippen LogP contribution in [0.5, 0.6) is 0 Å². The van der Waals surface area contributed by atoms with Crippen LogP contribution >= 0.6 is 0 Å². The Hall–Kier alpha value is -0.0900. The van der Waals surface area contributed by atoms with Crippen molar-refractivity contribution < 1.29 is 8.42 Å². The Kier molecular flexibility index (Phi) is 2.60. The van der Waals surface area contributed by atoms with Crippen molar-refractivity contribution in [2.24, 2.45) is 0 Å². The molecule has 4 heteroatoms. The second-order valence-electron chi connectivity index (χ2n) is 4.51. The van der Waals surface area contributed by atoms with Crippen LogP contribution in [0.4, 0.5) is 0 Å². The molecule has 2 rings (SSSR count). The van der Waals surface area contributed by atoms with Gasteiger partial charge >= 0.3 is 0 Å². The lowest BCUT2D eigenvalue weighted by atomic mass is 9.96. The summed E-state index contributed by atoms with van der Waals surface area (Å²) in [5.41, 5.74) is 0.0366. The quantitative estimate of drug-likeness (QED) is 0.706. The molecule has 0 atom stereocenters. The number of sulfonamides is 1. The first-order valence-electron chi connectivity index (χ1n) is 5.61. The molecule has 1 aliphatic carbocycles. The maximum atomic E-state index is 11.9. The summed E-state index contributed by atoms with van der Waals surface area (Å²) >= 11 is 0. The predicted molar refractivity (Wildman–Crippen MR) is 56.6 cm³/mol. The van der Waals surface area contributed by atoms with E-state index in [-0.39, 0.29) is 11.3 Å². The molecule has 1 saturated heterocycles. The van der Waals surface area contributed by atoms with E-state index >= 15 is 0 Å². The lowest BCUT2D eigenvalue weighted by molar-refractivity contribution is 0.247. The fraction of sp³-hybridized carbons (Fsp3) is 1.00. The van der Waals surface area contributed by atoms with Gasteiger partial charge in [0.25, 0.3) is 0 Å². The Balaban J connectivity index is 2.27. The molecule has 0 amide bonds. The summed E-state index contributed by atoms with van der Waals surface area (Å²) < 4.78 is 25.6. The Morgan fingerprint density at radius 2 is 1.71 bits per heavy atom. The van der Waals surface area contributed by atoms with Crippen LogP contribution in [-0.2, 0) is 10.0 Å². The van der Waals surface area contributed by atoms with Crippen LogP contribution in [-0.4, -0.2) is 30.6 Å². The summed E-state index contributed by atoms with van der Waals surface area (Å²) in [6.07, 6.45) is 6.73. The van der Waals surface area contributed by atoms with Crippen molar-refractivity contribution in [2.75, 3.05) is 12.3 Å². The molecule has 0 bridgehead atoms. The lowest BCUT2D eigenvalue weighted by Crippen LogP contribution is -2.45. The maximum Gasteiger partial charge on any atom is 0.214 e. The van der Waals surface area contributed by atoms with Gasteiger partial charge in [0.15, 0.2) is 0 Å². The van der Waals surface area contributed by atoms with Crippen molar-refractivity contribution in [1.82, 2.24) is 4.31 Å². The Bertz CT molecular complexity index is 299. The van der Waals surface area contributed by atoms with Crippen LogP contribution in [0, 0.1) is 0 Å². The fourth-order valence-electron chi connectivity index (χ4n) is 3.04. The van der Waals surface area contributed by atoms with Crippen LogP contribution in [0.1, 0.15) is 45.4 Å². The van der Waals surface area contributed by atoms with Gasteiger partial charge < -0.3 is 0 Å². The highest BCUT2D eigenvalue weighted by atomic mass is 32.2. The predicted octanol–water partition coefficient (Wildman–Crippen LogP) is 1.74. The Morgan fingerprint density at radius 3 is 2.29 bits per heavy atom. The van der Waals surface area contributed by atoms with E-state index in [1.165, 1.54) is 12.8 Å². The van der Waals surface area contributed by atoms with Crippen molar-refractivity contribution in [3.8, 4) is 0 Å². The molecule has 1 spiro atoms. The van der Waals surface area contributed by atoms with E-state index in [4.69, 9.17) is 0 Å². The normalized spacial score (nSPS) is 27.5. The molecule has 1 heterocycles. The van der Waals surface area contributed by atoms with Gasteiger partial charge in [-0.3, -0.25) is 0 Å². The Labute approximate surface area is 86.5 Å². The lowest BCUT2D eigenvalue weighted by Gasteiger charge is -2.33. The second-order valence-corrected chi connectivity index (χ2v) is 6.69. The van der Waals surface area contributed by atoms with Crippen LogP contribution in [0.3, 0.4) is 0 Å². The molecule has 0 aromatic carbocycles. The van der Waals surface area contributed by atoms with Crippen molar-refractivity contribution in [3.63, 3.8) is 0 Å². The zero-order valence-corrected chi connectivity index (χ0v) is 9.65. The third-order valence-electron chi connectivity index (χ3n) is 3.77. The summed E-state index contributed by atoms with van der Waals surface area (Å²) in [6, 6.07) is 0. The van der Waals surface area contributed by atoms with E-state index < -0.39 is 10.0 Å². The van der Waals surface area contributed by atoms with Crippen molar-refractivity contribution in [1.29, 1.82) is 0 Å². The molecule has 0 aromatic heterocycles. The van der Waals surface area contributed by atoms with Crippen molar-refractivity contribution >= 4 is 10.0 Å². The summed E-state index contributed by atoms with van der Waals surface area (Å²) in [5, 5.41) is 0. The van der Waals surface area contributed by atoms with Crippen LogP contribution in [0.15, 0.2) is 0 Å². The zero-order chi connectivity index (χ0) is 10.2. The van der Waals surface area contributed by atoms with Gasteiger partial charge in [0.1, 0.15) is 0 Å². The minimum absolute atomic E-state index is 0.0366. The number of rotatable bonds is 2.